The van der Waals surface area contributed by atoms with Crippen LogP contribution in [-0.4, -0.2) is 26.8 Å². The molecule has 0 spiro atoms. The Bertz CT molecular complexity index is 320. The molecule has 4 nitrogen and oxygen atoms in total. The minimum absolute atomic E-state index is 0.277. The van der Waals surface area contributed by atoms with Gasteiger partial charge in [0, 0.05) is 6.54 Å². The van der Waals surface area contributed by atoms with Gasteiger partial charge in [0.25, 0.3) is 0 Å². The van der Waals surface area contributed by atoms with Crippen molar-refractivity contribution in [1.29, 1.82) is 0 Å². The second-order valence-electron chi connectivity index (χ2n) is 2.70. The lowest BCUT2D eigenvalue weighted by Crippen LogP contribution is -2.20. The summed E-state index contributed by atoms with van der Waals surface area (Å²) in [6.07, 6.45) is 0.361. The summed E-state index contributed by atoms with van der Waals surface area (Å²) in [6.45, 7) is 3.81. The standard InChI is InChI=1S/C8H11ClN2O2/c1-3-11-7(6(9)4-10-11)8(13)5(2)12/h4-5,12H,3H2,1-2H3. The van der Waals surface area contributed by atoms with E-state index in [0.29, 0.717) is 6.54 Å². The Labute approximate surface area is 81.1 Å². The van der Waals surface area contributed by atoms with Crippen molar-refractivity contribution in [3.8, 4) is 0 Å². The Balaban J connectivity index is 3.11. The predicted molar refractivity (Wildman–Crippen MR) is 48.9 cm³/mol. The SMILES string of the molecule is CCn1ncc(Cl)c1C(=O)C(C)O. The largest absolute Gasteiger partial charge is 0.385 e. The van der Waals surface area contributed by atoms with E-state index < -0.39 is 11.9 Å². The molecule has 13 heavy (non-hydrogen) atoms. The van der Waals surface area contributed by atoms with Gasteiger partial charge in [-0.25, -0.2) is 0 Å². The summed E-state index contributed by atoms with van der Waals surface area (Å²) in [4.78, 5) is 11.4. The Morgan fingerprint density at radius 2 is 2.46 bits per heavy atom. The van der Waals surface area contributed by atoms with Crippen LogP contribution in [-0.2, 0) is 6.54 Å². The zero-order valence-corrected chi connectivity index (χ0v) is 8.25. The first-order chi connectivity index (χ1) is 6.07. The van der Waals surface area contributed by atoms with Crippen LogP contribution in [0.1, 0.15) is 24.3 Å². The minimum Gasteiger partial charge on any atom is -0.385 e. The average molecular weight is 203 g/mol. The van der Waals surface area contributed by atoms with Crippen LogP contribution >= 0.6 is 11.6 Å². The van der Waals surface area contributed by atoms with Gasteiger partial charge in [-0.3, -0.25) is 9.48 Å². The van der Waals surface area contributed by atoms with Crippen molar-refractivity contribution in [2.24, 2.45) is 0 Å². The topological polar surface area (TPSA) is 55.1 Å². The second-order valence-corrected chi connectivity index (χ2v) is 3.10. The van der Waals surface area contributed by atoms with E-state index in [1.165, 1.54) is 17.8 Å². The molecule has 0 aliphatic carbocycles. The van der Waals surface area contributed by atoms with Crippen LogP contribution in [0, 0.1) is 0 Å². The maximum Gasteiger partial charge on any atom is 0.210 e. The van der Waals surface area contributed by atoms with Gasteiger partial charge in [-0.15, -0.1) is 0 Å². The van der Waals surface area contributed by atoms with Gasteiger partial charge in [0.15, 0.2) is 0 Å². The minimum atomic E-state index is -1.04. The summed E-state index contributed by atoms with van der Waals surface area (Å²) in [5, 5.41) is 13.3. The molecule has 0 saturated heterocycles. The number of nitrogens with zero attached hydrogens (tertiary/aromatic N) is 2. The third-order valence-electron chi connectivity index (χ3n) is 1.71. The van der Waals surface area contributed by atoms with E-state index in [1.54, 1.807) is 0 Å². The Hall–Kier alpha value is -0.870. The van der Waals surface area contributed by atoms with E-state index >= 15 is 0 Å². The molecule has 0 fully saturated rings. The number of aliphatic hydroxyl groups is 1. The average Bonchev–Trinajstić information content (AvgIpc) is 2.45. The van der Waals surface area contributed by atoms with Crippen molar-refractivity contribution in [2.45, 2.75) is 26.5 Å². The Morgan fingerprint density at radius 1 is 1.85 bits per heavy atom. The van der Waals surface area contributed by atoms with Gasteiger partial charge < -0.3 is 5.11 Å². The van der Waals surface area contributed by atoms with E-state index in [2.05, 4.69) is 5.10 Å². The molecular formula is C8H11ClN2O2. The molecule has 1 aromatic rings. The highest BCUT2D eigenvalue weighted by Gasteiger charge is 2.20. The fourth-order valence-corrected chi connectivity index (χ4v) is 1.28. The normalized spacial score (nSPS) is 12.9. The summed E-state index contributed by atoms with van der Waals surface area (Å²) in [6, 6.07) is 0. The van der Waals surface area contributed by atoms with Gasteiger partial charge in [-0.2, -0.15) is 5.10 Å². The second kappa shape index (κ2) is 3.89. The molecule has 1 aromatic heterocycles. The first-order valence-corrected chi connectivity index (χ1v) is 4.39. The number of hydrogen-bond donors (Lipinski definition) is 1. The van der Waals surface area contributed by atoms with Gasteiger partial charge in [0.05, 0.1) is 11.2 Å². The molecule has 1 rings (SSSR count). The molecule has 72 valence electrons. The van der Waals surface area contributed by atoms with Gasteiger partial charge in [0.2, 0.25) is 5.78 Å². The van der Waals surface area contributed by atoms with Crippen molar-refractivity contribution in [2.75, 3.05) is 0 Å². The summed E-state index contributed by atoms with van der Waals surface area (Å²) >= 11 is 5.75. The first-order valence-electron chi connectivity index (χ1n) is 4.01. The van der Waals surface area contributed by atoms with Crippen molar-refractivity contribution in [3.63, 3.8) is 0 Å². The van der Waals surface area contributed by atoms with Gasteiger partial charge in [-0.05, 0) is 13.8 Å². The molecule has 0 bridgehead atoms. The van der Waals surface area contributed by atoms with Crippen LogP contribution in [0.2, 0.25) is 5.02 Å². The summed E-state index contributed by atoms with van der Waals surface area (Å²) in [7, 11) is 0. The maximum absolute atomic E-state index is 11.4. The first kappa shape index (κ1) is 10.2. The van der Waals surface area contributed by atoms with Crippen LogP contribution < -0.4 is 0 Å². The zero-order chi connectivity index (χ0) is 10.0. The fourth-order valence-electron chi connectivity index (χ4n) is 1.05. The third kappa shape index (κ3) is 1.89. The van der Waals surface area contributed by atoms with Gasteiger partial charge >= 0.3 is 0 Å². The third-order valence-corrected chi connectivity index (χ3v) is 1.98. The number of carbonyl (C=O) groups is 1. The zero-order valence-electron chi connectivity index (χ0n) is 7.49. The number of carbonyl (C=O) groups excluding carboxylic acids is 1. The summed E-state index contributed by atoms with van der Waals surface area (Å²) < 4.78 is 1.47. The van der Waals surface area contributed by atoms with Crippen molar-refractivity contribution in [3.05, 3.63) is 16.9 Å². The predicted octanol–water partition coefficient (Wildman–Crippen LogP) is 1.12. The van der Waals surface area contributed by atoms with E-state index in [4.69, 9.17) is 16.7 Å². The molecule has 0 radical (unpaired) electrons. The molecule has 5 heteroatoms. The number of aliphatic hydroxyl groups excluding tert-OH is 1. The van der Waals surface area contributed by atoms with E-state index in [-0.39, 0.29) is 10.7 Å². The lowest BCUT2D eigenvalue weighted by Gasteiger charge is -2.05. The quantitative estimate of drug-likeness (QED) is 0.748. The number of aromatic nitrogens is 2. The van der Waals surface area contributed by atoms with Crippen LogP contribution in [0.5, 0.6) is 0 Å². The van der Waals surface area contributed by atoms with Gasteiger partial charge in [-0.1, -0.05) is 11.6 Å². The highest BCUT2D eigenvalue weighted by molar-refractivity contribution is 6.33. The maximum atomic E-state index is 11.4. The van der Waals surface area contributed by atoms with E-state index in [9.17, 15) is 4.79 Å². The highest BCUT2D eigenvalue weighted by atomic mass is 35.5. The van der Waals surface area contributed by atoms with Crippen LogP contribution in [0.4, 0.5) is 0 Å². The van der Waals surface area contributed by atoms with E-state index in [1.807, 2.05) is 6.92 Å². The molecule has 1 N–H and O–H groups in total. The van der Waals surface area contributed by atoms with Crippen molar-refractivity contribution >= 4 is 17.4 Å². The number of aryl methyl sites for hydroxylation is 1. The van der Waals surface area contributed by atoms with Crippen LogP contribution in [0.3, 0.4) is 0 Å². The number of halogens is 1. The van der Waals surface area contributed by atoms with Crippen molar-refractivity contribution in [1.82, 2.24) is 9.78 Å². The Kier molecular flexibility index (Phi) is 3.06. The van der Waals surface area contributed by atoms with E-state index in [0.717, 1.165) is 0 Å². The molecular weight excluding hydrogens is 192 g/mol. The van der Waals surface area contributed by atoms with Crippen molar-refractivity contribution < 1.29 is 9.90 Å². The fraction of sp³-hybridized carbons (Fsp3) is 0.500. The molecule has 1 unspecified atom stereocenters. The van der Waals surface area contributed by atoms with Crippen LogP contribution in [0.15, 0.2) is 6.20 Å². The molecule has 0 aliphatic rings. The number of ketones is 1. The highest BCUT2D eigenvalue weighted by Crippen LogP contribution is 2.16. The smallest absolute Gasteiger partial charge is 0.210 e. The molecule has 0 aromatic carbocycles. The molecule has 0 amide bonds. The Morgan fingerprint density at radius 3 is 2.92 bits per heavy atom. The molecule has 1 atom stereocenters. The summed E-state index contributed by atoms with van der Waals surface area (Å²) in [5.74, 6) is -0.399. The lowest BCUT2D eigenvalue weighted by molar-refractivity contribution is 0.0768. The van der Waals surface area contributed by atoms with Gasteiger partial charge in [0.1, 0.15) is 11.8 Å². The molecule has 0 saturated carbocycles. The molecule has 1 heterocycles. The van der Waals surface area contributed by atoms with Crippen LogP contribution in [0.25, 0.3) is 0 Å². The number of Topliss-reactive ketones (excluding diaryl/α,β-unsaturated/α-hetero) is 1. The number of rotatable bonds is 3. The monoisotopic (exact) mass is 202 g/mol. The summed E-state index contributed by atoms with van der Waals surface area (Å²) in [5.41, 5.74) is 0.277. The number of hydrogen-bond acceptors (Lipinski definition) is 3. The molecule has 0 aliphatic heterocycles. The lowest BCUT2D eigenvalue weighted by atomic mass is 10.2.